The summed E-state index contributed by atoms with van der Waals surface area (Å²) in [4.78, 5) is 30.0. The van der Waals surface area contributed by atoms with Gasteiger partial charge in [0.15, 0.2) is 11.5 Å². The van der Waals surface area contributed by atoms with Crippen LogP contribution in [0.1, 0.15) is 40.6 Å². The predicted octanol–water partition coefficient (Wildman–Crippen LogP) is 4.13. The standard InChI is InChI=1S/C21H19ClN2O4/c22-16-4-5-18-17(12-16)23-20(28-18)14-6-8-24(9-7-14)19(25)11-13-2-1-3-15(10-13)21(26)27/h1-5,10,12,14H,6-9,11H2,(H,26,27). The van der Waals surface area contributed by atoms with E-state index >= 15 is 0 Å². The molecule has 0 atom stereocenters. The van der Waals surface area contributed by atoms with Crippen molar-refractivity contribution in [3.63, 3.8) is 0 Å². The van der Waals surface area contributed by atoms with Gasteiger partial charge >= 0.3 is 5.97 Å². The van der Waals surface area contributed by atoms with Gasteiger partial charge in [-0.3, -0.25) is 4.79 Å². The molecule has 28 heavy (non-hydrogen) atoms. The quantitative estimate of drug-likeness (QED) is 0.714. The fraction of sp³-hybridized carbons (Fsp3) is 0.286. The number of aromatic carboxylic acids is 1. The van der Waals surface area contributed by atoms with Gasteiger partial charge in [-0.1, -0.05) is 23.7 Å². The Kier molecular flexibility index (Phi) is 5.05. The van der Waals surface area contributed by atoms with Crippen LogP contribution in [0.5, 0.6) is 0 Å². The number of piperidine rings is 1. The van der Waals surface area contributed by atoms with Gasteiger partial charge in [0.05, 0.1) is 12.0 Å². The summed E-state index contributed by atoms with van der Waals surface area (Å²) in [6, 6.07) is 11.9. The van der Waals surface area contributed by atoms with Crippen LogP contribution in [0.25, 0.3) is 11.1 Å². The molecule has 4 rings (SSSR count). The number of fused-ring (bicyclic) bond motifs is 1. The second kappa shape index (κ2) is 7.64. The Hall–Kier alpha value is -2.86. The minimum atomic E-state index is -0.991. The summed E-state index contributed by atoms with van der Waals surface area (Å²) in [5.74, 6) is -0.121. The van der Waals surface area contributed by atoms with E-state index in [9.17, 15) is 9.59 Å². The number of hydrogen-bond acceptors (Lipinski definition) is 4. The fourth-order valence-electron chi connectivity index (χ4n) is 3.57. The largest absolute Gasteiger partial charge is 0.478 e. The van der Waals surface area contributed by atoms with E-state index in [-0.39, 0.29) is 23.8 Å². The van der Waals surface area contributed by atoms with Gasteiger partial charge in [-0.25, -0.2) is 9.78 Å². The van der Waals surface area contributed by atoms with Crippen molar-refractivity contribution in [3.8, 4) is 0 Å². The summed E-state index contributed by atoms with van der Waals surface area (Å²) in [6.45, 7) is 1.25. The van der Waals surface area contributed by atoms with Gasteiger partial charge in [-0.15, -0.1) is 0 Å². The average Bonchev–Trinajstić information content (AvgIpc) is 3.11. The lowest BCUT2D eigenvalue weighted by molar-refractivity contribution is -0.131. The van der Waals surface area contributed by atoms with Crippen LogP contribution >= 0.6 is 11.6 Å². The highest BCUT2D eigenvalue weighted by Gasteiger charge is 2.27. The number of oxazole rings is 1. The summed E-state index contributed by atoms with van der Waals surface area (Å²) in [6.07, 6.45) is 1.76. The van der Waals surface area contributed by atoms with E-state index < -0.39 is 5.97 Å². The van der Waals surface area contributed by atoms with E-state index in [1.54, 1.807) is 30.3 Å². The number of carboxylic acid groups (broad SMARTS) is 1. The number of carbonyl (C=O) groups excluding carboxylic acids is 1. The van der Waals surface area contributed by atoms with E-state index in [1.165, 1.54) is 6.07 Å². The topological polar surface area (TPSA) is 83.6 Å². The molecule has 0 aliphatic carbocycles. The number of carbonyl (C=O) groups is 2. The first-order valence-corrected chi connectivity index (χ1v) is 9.53. The molecule has 1 saturated heterocycles. The number of benzene rings is 2. The molecule has 6 nitrogen and oxygen atoms in total. The first kappa shape index (κ1) is 18.5. The SMILES string of the molecule is O=C(O)c1cccc(CC(=O)N2CCC(c3nc4cc(Cl)ccc4o3)CC2)c1. The van der Waals surface area contributed by atoms with Crippen LogP contribution in [0.2, 0.25) is 5.02 Å². The lowest BCUT2D eigenvalue weighted by Crippen LogP contribution is -2.38. The van der Waals surface area contributed by atoms with Crippen molar-refractivity contribution in [2.24, 2.45) is 0 Å². The minimum absolute atomic E-state index is 0.00494. The molecule has 0 spiro atoms. The first-order chi connectivity index (χ1) is 13.5. The number of halogens is 1. The number of amides is 1. The molecule has 1 fully saturated rings. The number of hydrogen-bond donors (Lipinski definition) is 1. The maximum absolute atomic E-state index is 12.6. The van der Waals surface area contributed by atoms with Gasteiger partial charge in [0.1, 0.15) is 5.52 Å². The fourth-order valence-corrected chi connectivity index (χ4v) is 3.74. The van der Waals surface area contributed by atoms with Crippen LogP contribution in [0.3, 0.4) is 0 Å². The molecular formula is C21H19ClN2O4. The average molecular weight is 399 g/mol. The minimum Gasteiger partial charge on any atom is -0.478 e. The molecule has 0 bridgehead atoms. The Bertz CT molecular complexity index is 1040. The Labute approximate surface area is 166 Å². The summed E-state index contributed by atoms with van der Waals surface area (Å²) in [7, 11) is 0. The molecule has 1 amide bonds. The van der Waals surface area contributed by atoms with E-state index in [1.807, 2.05) is 11.0 Å². The summed E-state index contributed by atoms with van der Waals surface area (Å²) >= 11 is 6.00. The van der Waals surface area contributed by atoms with Crippen molar-refractivity contribution in [1.82, 2.24) is 9.88 Å². The lowest BCUT2D eigenvalue weighted by Gasteiger charge is -2.30. The highest BCUT2D eigenvalue weighted by molar-refractivity contribution is 6.31. The van der Waals surface area contributed by atoms with Gasteiger partial charge in [0.2, 0.25) is 5.91 Å². The molecule has 0 radical (unpaired) electrons. The molecule has 2 aromatic carbocycles. The zero-order valence-corrected chi connectivity index (χ0v) is 15.9. The van der Waals surface area contributed by atoms with Crippen LogP contribution in [0.4, 0.5) is 0 Å². The van der Waals surface area contributed by atoms with Crippen molar-refractivity contribution in [1.29, 1.82) is 0 Å². The van der Waals surface area contributed by atoms with Crippen molar-refractivity contribution in [2.75, 3.05) is 13.1 Å². The van der Waals surface area contributed by atoms with Crippen molar-refractivity contribution in [2.45, 2.75) is 25.2 Å². The highest BCUT2D eigenvalue weighted by Crippen LogP contribution is 2.31. The zero-order chi connectivity index (χ0) is 19.7. The third kappa shape index (κ3) is 3.87. The van der Waals surface area contributed by atoms with Crippen LogP contribution in [0, 0.1) is 0 Å². The van der Waals surface area contributed by atoms with E-state index in [2.05, 4.69) is 4.98 Å². The van der Waals surface area contributed by atoms with Gasteiger partial charge in [0, 0.05) is 24.0 Å². The Balaban J connectivity index is 1.38. The van der Waals surface area contributed by atoms with E-state index in [4.69, 9.17) is 21.1 Å². The van der Waals surface area contributed by atoms with Crippen LogP contribution in [-0.4, -0.2) is 40.0 Å². The third-order valence-electron chi connectivity index (χ3n) is 5.09. The van der Waals surface area contributed by atoms with Crippen molar-refractivity contribution >= 4 is 34.6 Å². The molecule has 1 aliphatic heterocycles. The number of nitrogens with zero attached hydrogens (tertiary/aromatic N) is 2. The van der Waals surface area contributed by atoms with Gasteiger partial charge in [-0.2, -0.15) is 0 Å². The molecule has 144 valence electrons. The molecule has 2 heterocycles. The highest BCUT2D eigenvalue weighted by atomic mass is 35.5. The van der Waals surface area contributed by atoms with Gasteiger partial charge in [0.25, 0.3) is 0 Å². The number of carboxylic acids is 1. The van der Waals surface area contributed by atoms with Crippen LogP contribution < -0.4 is 0 Å². The number of rotatable bonds is 4. The number of likely N-dealkylation sites (tertiary alicyclic amines) is 1. The molecule has 0 saturated carbocycles. The predicted molar refractivity (Wildman–Crippen MR) is 105 cm³/mol. The van der Waals surface area contributed by atoms with Gasteiger partial charge < -0.3 is 14.4 Å². The lowest BCUT2D eigenvalue weighted by atomic mass is 9.96. The van der Waals surface area contributed by atoms with Crippen LogP contribution in [-0.2, 0) is 11.2 Å². The smallest absolute Gasteiger partial charge is 0.335 e. The second-order valence-corrected chi connectivity index (χ2v) is 7.44. The van der Waals surface area contributed by atoms with Crippen molar-refractivity contribution < 1.29 is 19.1 Å². The van der Waals surface area contributed by atoms with Crippen molar-refractivity contribution in [3.05, 3.63) is 64.5 Å². The Morgan fingerprint density at radius 1 is 1.18 bits per heavy atom. The molecule has 0 unspecified atom stereocenters. The molecular weight excluding hydrogens is 380 g/mol. The zero-order valence-electron chi connectivity index (χ0n) is 15.1. The van der Waals surface area contributed by atoms with Gasteiger partial charge in [-0.05, 0) is 48.7 Å². The monoisotopic (exact) mass is 398 g/mol. The summed E-state index contributed by atoms with van der Waals surface area (Å²) < 4.78 is 5.86. The normalized spacial score (nSPS) is 15.1. The molecule has 7 heteroatoms. The maximum Gasteiger partial charge on any atom is 0.335 e. The Morgan fingerprint density at radius 2 is 1.96 bits per heavy atom. The summed E-state index contributed by atoms with van der Waals surface area (Å²) in [5.41, 5.74) is 2.37. The molecule has 1 aliphatic rings. The number of aromatic nitrogens is 1. The summed E-state index contributed by atoms with van der Waals surface area (Å²) in [5, 5.41) is 9.70. The molecule has 1 N–H and O–H groups in total. The van der Waals surface area contributed by atoms with E-state index in [0.717, 1.165) is 23.9 Å². The third-order valence-corrected chi connectivity index (χ3v) is 5.33. The molecule has 3 aromatic rings. The first-order valence-electron chi connectivity index (χ1n) is 9.15. The second-order valence-electron chi connectivity index (χ2n) is 7.00. The Morgan fingerprint density at radius 3 is 2.71 bits per heavy atom. The van der Waals surface area contributed by atoms with E-state index in [0.29, 0.717) is 29.6 Å². The maximum atomic E-state index is 12.6. The molecule has 1 aromatic heterocycles. The van der Waals surface area contributed by atoms with Crippen LogP contribution in [0.15, 0.2) is 46.9 Å².